The lowest BCUT2D eigenvalue weighted by atomic mass is 10.1. The lowest BCUT2D eigenvalue weighted by Crippen LogP contribution is -2.20. The van der Waals surface area contributed by atoms with Crippen molar-refractivity contribution in [2.45, 2.75) is 19.3 Å². The van der Waals surface area contributed by atoms with E-state index in [0.717, 1.165) is 16.9 Å². The molecular formula is C19H17NO3. The summed E-state index contributed by atoms with van der Waals surface area (Å²) in [6, 6.07) is 17.2. The lowest BCUT2D eigenvalue weighted by Gasteiger charge is -2.16. The second-order valence-corrected chi connectivity index (χ2v) is 5.40. The number of hydrogen-bond acceptors (Lipinski definition) is 2. The minimum atomic E-state index is -0.813. The molecule has 0 fully saturated rings. The van der Waals surface area contributed by atoms with Gasteiger partial charge in [-0.05, 0) is 31.0 Å². The number of anilines is 2. The Labute approximate surface area is 134 Å². The quantitative estimate of drug-likeness (QED) is 0.671. The summed E-state index contributed by atoms with van der Waals surface area (Å²) in [5.74, 6) is -0.875. The van der Waals surface area contributed by atoms with Crippen molar-refractivity contribution >= 4 is 28.8 Å². The van der Waals surface area contributed by atoms with E-state index in [1.807, 2.05) is 60.7 Å². The first kappa shape index (κ1) is 15.0. The molecule has 4 nitrogen and oxygen atoms in total. The van der Waals surface area contributed by atoms with Crippen LogP contribution in [0.4, 0.5) is 11.4 Å². The molecule has 23 heavy (non-hydrogen) atoms. The zero-order chi connectivity index (χ0) is 16.2. The summed E-state index contributed by atoms with van der Waals surface area (Å²) >= 11 is 0. The fourth-order valence-corrected chi connectivity index (χ4v) is 2.77. The number of nitrogens with zero attached hydrogens (tertiary/aromatic N) is 1. The Hall–Kier alpha value is -2.88. The summed E-state index contributed by atoms with van der Waals surface area (Å²) in [6.45, 7) is 0. The number of rotatable bonds is 5. The molecule has 1 amide bonds. The van der Waals surface area contributed by atoms with Gasteiger partial charge < -0.3 is 5.11 Å². The third-order valence-corrected chi connectivity index (χ3v) is 3.83. The number of carbonyl (C=O) groups excluding carboxylic acids is 1. The molecule has 0 saturated carbocycles. The first-order chi connectivity index (χ1) is 11.2. The highest BCUT2D eigenvalue weighted by molar-refractivity contribution is 6.34. The Bertz CT molecular complexity index is 765. The summed E-state index contributed by atoms with van der Waals surface area (Å²) in [6.07, 6.45) is 3.07. The van der Waals surface area contributed by atoms with Crippen molar-refractivity contribution in [3.8, 4) is 0 Å². The molecule has 0 unspecified atom stereocenters. The van der Waals surface area contributed by atoms with Gasteiger partial charge in [-0.2, -0.15) is 0 Å². The topological polar surface area (TPSA) is 57.6 Å². The van der Waals surface area contributed by atoms with Gasteiger partial charge in [-0.15, -0.1) is 0 Å². The molecule has 0 spiro atoms. The van der Waals surface area contributed by atoms with E-state index < -0.39 is 5.97 Å². The summed E-state index contributed by atoms with van der Waals surface area (Å²) in [5.41, 5.74) is 3.25. The van der Waals surface area contributed by atoms with Gasteiger partial charge in [-0.25, -0.2) is 0 Å². The molecule has 1 aliphatic heterocycles. The molecule has 0 bridgehead atoms. The van der Waals surface area contributed by atoms with Crippen LogP contribution >= 0.6 is 0 Å². The number of benzene rings is 2. The second kappa shape index (κ2) is 6.48. The van der Waals surface area contributed by atoms with Crippen molar-refractivity contribution < 1.29 is 14.7 Å². The molecule has 116 valence electrons. The summed E-state index contributed by atoms with van der Waals surface area (Å²) < 4.78 is 0. The van der Waals surface area contributed by atoms with Crippen LogP contribution < -0.4 is 4.90 Å². The van der Waals surface area contributed by atoms with E-state index >= 15 is 0 Å². The average Bonchev–Trinajstić information content (AvgIpc) is 2.84. The Morgan fingerprint density at radius 2 is 1.74 bits per heavy atom. The van der Waals surface area contributed by atoms with Crippen LogP contribution in [0.1, 0.15) is 24.8 Å². The maximum Gasteiger partial charge on any atom is 0.303 e. The highest BCUT2D eigenvalue weighted by Gasteiger charge is 2.32. The van der Waals surface area contributed by atoms with E-state index in [2.05, 4.69) is 0 Å². The smallest absolute Gasteiger partial charge is 0.303 e. The first-order valence-electron chi connectivity index (χ1n) is 7.59. The molecule has 0 aromatic heterocycles. The number of hydrogen-bond donors (Lipinski definition) is 1. The van der Waals surface area contributed by atoms with Crippen LogP contribution in [-0.2, 0) is 9.59 Å². The monoisotopic (exact) mass is 307 g/mol. The minimum absolute atomic E-state index is 0.0623. The van der Waals surface area contributed by atoms with Crippen molar-refractivity contribution in [1.82, 2.24) is 0 Å². The van der Waals surface area contributed by atoms with Crippen LogP contribution in [0.3, 0.4) is 0 Å². The average molecular weight is 307 g/mol. The van der Waals surface area contributed by atoms with Crippen LogP contribution in [0.25, 0.3) is 5.57 Å². The zero-order valence-corrected chi connectivity index (χ0v) is 12.6. The van der Waals surface area contributed by atoms with Crippen LogP contribution in [-0.4, -0.2) is 17.0 Å². The van der Waals surface area contributed by atoms with E-state index in [1.54, 1.807) is 4.90 Å². The van der Waals surface area contributed by atoms with E-state index in [0.29, 0.717) is 18.4 Å². The van der Waals surface area contributed by atoms with Gasteiger partial charge in [-0.1, -0.05) is 42.5 Å². The maximum absolute atomic E-state index is 12.8. The van der Waals surface area contributed by atoms with Crippen molar-refractivity contribution in [3.05, 3.63) is 66.2 Å². The standard InChI is InChI=1S/C19H17NO3/c21-18(22)13-7-5-11-16-15-10-4-6-12-17(15)20(19(16)23)14-8-2-1-3-9-14/h1-4,6,8-12H,5,7,13H2,(H,21,22)/b16-11+. The van der Waals surface area contributed by atoms with Crippen molar-refractivity contribution in [2.75, 3.05) is 4.90 Å². The third kappa shape index (κ3) is 3.01. The van der Waals surface area contributed by atoms with Gasteiger partial charge in [0.25, 0.3) is 5.91 Å². The van der Waals surface area contributed by atoms with Gasteiger partial charge in [0.05, 0.1) is 5.69 Å². The van der Waals surface area contributed by atoms with Gasteiger partial charge in [0.2, 0.25) is 0 Å². The molecule has 0 saturated heterocycles. The second-order valence-electron chi connectivity index (χ2n) is 5.40. The number of unbranched alkanes of at least 4 members (excludes halogenated alkanes) is 1. The van der Waals surface area contributed by atoms with Gasteiger partial charge in [0.15, 0.2) is 0 Å². The van der Waals surface area contributed by atoms with Gasteiger partial charge in [-0.3, -0.25) is 14.5 Å². The predicted molar refractivity (Wildman–Crippen MR) is 89.5 cm³/mol. The number of carboxylic acid groups (broad SMARTS) is 1. The molecular weight excluding hydrogens is 290 g/mol. The fraction of sp³-hybridized carbons (Fsp3) is 0.158. The SMILES string of the molecule is O=C(O)CCC/C=C1/C(=O)N(c2ccccc2)c2ccccc21. The van der Waals surface area contributed by atoms with E-state index in [4.69, 9.17) is 5.11 Å². The molecule has 3 rings (SSSR count). The molecule has 0 radical (unpaired) electrons. The molecule has 2 aromatic carbocycles. The number of fused-ring (bicyclic) bond motifs is 1. The normalized spacial score (nSPS) is 15.0. The number of carboxylic acids is 1. The zero-order valence-electron chi connectivity index (χ0n) is 12.6. The largest absolute Gasteiger partial charge is 0.481 e. The number of para-hydroxylation sites is 2. The highest BCUT2D eigenvalue weighted by atomic mass is 16.4. The van der Waals surface area contributed by atoms with Gasteiger partial charge >= 0.3 is 5.97 Å². The number of amides is 1. The Morgan fingerprint density at radius 1 is 1.04 bits per heavy atom. The van der Waals surface area contributed by atoms with Crippen molar-refractivity contribution in [1.29, 1.82) is 0 Å². The van der Waals surface area contributed by atoms with Crippen LogP contribution in [0.5, 0.6) is 0 Å². The summed E-state index contributed by atoms with van der Waals surface area (Å²) in [5, 5.41) is 8.71. The Balaban J connectivity index is 1.93. The first-order valence-corrected chi connectivity index (χ1v) is 7.59. The molecule has 0 aliphatic carbocycles. The summed E-state index contributed by atoms with van der Waals surface area (Å²) in [7, 11) is 0. The molecule has 1 aliphatic rings. The summed E-state index contributed by atoms with van der Waals surface area (Å²) in [4.78, 5) is 25.1. The minimum Gasteiger partial charge on any atom is -0.481 e. The third-order valence-electron chi connectivity index (χ3n) is 3.83. The molecule has 1 heterocycles. The Kier molecular flexibility index (Phi) is 4.24. The molecule has 0 atom stereocenters. The predicted octanol–water partition coefficient (Wildman–Crippen LogP) is 4.00. The molecule has 1 N–H and O–H groups in total. The number of aliphatic carboxylic acids is 1. The fourth-order valence-electron chi connectivity index (χ4n) is 2.77. The van der Waals surface area contributed by atoms with Crippen LogP contribution in [0.15, 0.2) is 60.7 Å². The lowest BCUT2D eigenvalue weighted by molar-refractivity contribution is -0.137. The van der Waals surface area contributed by atoms with Crippen LogP contribution in [0.2, 0.25) is 0 Å². The maximum atomic E-state index is 12.8. The molecule has 2 aromatic rings. The Morgan fingerprint density at radius 3 is 2.48 bits per heavy atom. The molecule has 4 heteroatoms. The number of carbonyl (C=O) groups is 2. The van der Waals surface area contributed by atoms with Crippen molar-refractivity contribution in [3.63, 3.8) is 0 Å². The van der Waals surface area contributed by atoms with Gasteiger partial charge in [0.1, 0.15) is 0 Å². The number of allylic oxidation sites excluding steroid dienone is 1. The highest BCUT2D eigenvalue weighted by Crippen LogP contribution is 2.41. The van der Waals surface area contributed by atoms with Crippen molar-refractivity contribution in [2.24, 2.45) is 0 Å². The van der Waals surface area contributed by atoms with Gasteiger partial charge in [0, 0.05) is 23.2 Å². The van der Waals surface area contributed by atoms with E-state index in [-0.39, 0.29) is 12.3 Å². The van der Waals surface area contributed by atoms with Crippen LogP contribution in [0, 0.1) is 0 Å². The van der Waals surface area contributed by atoms with E-state index in [1.165, 1.54) is 0 Å². The van der Waals surface area contributed by atoms with E-state index in [9.17, 15) is 9.59 Å².